The van der Waals surface area contributed by atoms with Crippen LogP contribution in [0.15, 0.2) is 0 Å². The molecule has 0 heterocycles. The normalized spacial score (nSPS) is 26.4. The molecule has 0 saturated heterocycles. The SMILES string of the molecule is O=[N+]([O-])OC1CCCCCC1O[N+](=O)[O-]. The Bertz CT molecular complexity index is 222. The molecule has 8 nitrogen and oxygen atoms in total. The molecule has 0 bridgehead atoms. The minimum atomic E-state index is -0.924. The summed E-state index contributed by atoms with van der Waals surface area (Å²) < 4.78 is 0. The highest BCUT2D eigenvalue weighted by atomic mass is 17.0. The Kier molecular flexibility index (Phi) is 4.07. The van der Waals surface area contributed by atoms with E-state index >= 15 is 0 Å². The Hall–Kier alpha value is -1.60. The zero-order chi connectivity index (χ0) is 11.3. The van der Waals surface area contributed by atoms with Gasteiger partial charge in [-0.2, -0.15) is 0 Å². The van der Waals surface area contributed by atoms with Crippen LogP contribution in [0.5, 0.6) is 0 Å². The Balaban J connectivity index is 2.58. The van der Waals surface area contributed by atoms with Crippen molar-refractivity contribution in [3.63, 3.8) is 0 Å². The molecule has 0 N–H and O–H groups in total. The average Bonchev–Trinajstić information content (AvgIpc) is 2.30. The van der Waals surface area contributed by atoms with Gasteiger partial charge in [0.05, 0.1) is 0 Å². The maximum absolute atomic E-state index is 10.2. The number of hydrogen-bond acceptors (Lipinski definition) is 6. The molecule has 0 aliphatic heterocycles. The molecule has 2 unspecified atom stereocenters. The summed E-state index contributed by atoms with van der Waals surface area (Å²) in [6, 6.07) is 0. The second kappa shape index (κ2) is 5.32. The molecule has 86 valence electrons. The lowest BCUT2D eigenvalue weighted by atomic mass is 10.1. The summed E-state index contributed by atoms with van der Waals surface area (Å²) >= 11 is 0. The monoisotopic (exact) mass is 220 g/mol. The maximum atomic E-state index is 10.2. The van der Waals surface area contributed by atoms with Gasteiger partial charge in [-0.25, -0.2) is 0 Å². The predicted molar refractivity (Wildman–Crippen MR) is 46.8 cm³/mol. The molecule has 0 aromatic carbocycles. The molecule has 0 aromatic rings. The molecule has 15 heavy (non-hydrogen) atoms. The zero-order valence-electron chi connectivity index (χ0n) is 8.03. The van der Waals surface area contributed by atoms with Crippen LogP contribution in [0.1, 0.15) is 32.1 Å². The van der Waals surface area contributed by atoms with Crippen LogP contribution in [0, 0.1) is 20.2 Å². The third-order valence-corrected chi connectivity index (χ3v) is 2.33. The van der Waals surface area contributed by atoms with Crippen LogP contribution in [-0.4, -0.2) is 22.4 Å². The molecule has 0 spiro atoms. The summed E-state index contributed by atoms with van der Waals surface area (Å²) in [5.41, 5.74) is 0. The topological polar surface area (TPSA) is 105 Å². The first-order valence-electron chi connectivity index (χ1n) is 4.72. The van der Waals surface area contributed by atoms with Crippen molar-refractivity contribution in [2.45, 2.75) is 44.3 Å². The van der Waals surface area contributed by atoms with Crippen molar-refractivity contribution in [2.24, 2.45) is 0 Å². The van der Waals surface area contributed by atoms with E-state index in [1.807, 2.05) is 0 Å². The summed E-state index contributed by atoms with van der Waals surface area (Å²) in [5, 5.41) is 18.5. The van der Waals surface area contributed by atoms with Gasteiger partial charge in [0.2, 0.25) is 0 Å². The quantitative estimate of drug-likeness (QED) is 0.399. The van der Waals surface area contributed by atoms with Gasteiger partial charge in [0.1, 0.15) is 12.2 Å². The van der Waals surface area contributed by atoms with E-state index in [4.69, 9.17) is 0 Å². The zero-order valence-corrected chi connectivity index (χ0v) is 8.03. The average molecular weight is 220 g/mol. The highest BCUT2D eigenvalue weighted by Crippen LogP contribution is 2.23. The van der Waals surface area contributed by atoms with E-state index in [-0.39, 0.29) is 0 Å². The standard InChI is InChI=1S/C7H12N2O6/c10-8(11)14-6-4-2-1-3-5-7(6)15-9(12)13/h6-7H,1-5H2. The Morgan fingerprint density at radius 3 is 1.60 bits per heavy atom. The lowest BCUT2D eigenvalue weighted by molar-refractivity contribution is -0.799. The highest BCUT2D eigenvalue weighted by molar-refractivity contribution is 4.72. The van der Waals surface area contributed by atoms with Crippen molar-refractivity contribution in [1.82, 2.24) is 0 Å². The molecular formula is C7H12N2O6. The van der Waals surface area contributed by atoms with Gasteiger partial charge in [-0.15, -0.1) is 20.2 Å². The summed E-state index contributed by atoms with van der Waals surface area (Å²) in [6.07, 6.45) is 1.58. The Morgan fingerprint density at radius 1 is 0.867 bits per heavy atom. The largest absolute Gasteiger partial charge is 0.308 e. The van der Waals surface area contributed by atoms with E-state index in [1.165, 1.54) is 0 Å². The van der Waals surface area contributed by atoms with E-state index in [2.05, 4.69) is 9.68 Å². The molecule has 1 aliphatic rings. The number of rotatable bonds is 4. The maximum Gasteiger partial charge on any atom is 0.294 e. The summed E-state index contributed by atoms with van der Waals surface area (Å²) in [5.74, 6) is 0. The summed E-state index contributed by atoms with van der Waals surface area (Å²) in [4.78, 5) is 29.1. The molecule has 8 heteroatoms. The fourth-order valence-corrected chi connectivity index (χ4v) is 1.70. The van der Waals surface area contributed by atoms with Crippen molar-refractivity contribution >= 4 is 0 Å². The van der Waals surface area contributed by atoms with E-state index < -0.39 is 22.4 Å². The molecule has 1 fully saturated rings. The molecule has 1 saturated carbocycles. The molecular weight excluding hydrogens is 208 g/mol. The van der Waals surface area contributed by atoms with Crippen molar-refractivity contribution in [3.05, 3.63) is 20.2 Å². The van der Waals surface area contributed by atoms with Crippen molar-refractivity contribution in [2.75, 3.05) is 0 Å². The minimum Gasteiger partial charge on any atom is -0.308 e. The van der Waals surface area contributed by atoms with Crippen molar-refractivity contribution in [3.8, 4) is 0 Å². The lowest BCUT2D eigenvalue weighted by Gasteiger charge is -2.20. The van der Waals surface area contributed by atoms with Crippen LogP contribution in [0.3, 0.4) is 0 Å². The van der Waals surface area contributed by atoms with Gasteiger partial charge in [0.25, 0.3) is 10.2 Å². The second-order valence-corrected chi connectivity index (χ2v) is 3.37. The fourth-order valence-electron chi connectivity index (χ4n) is 1.70. The third-order valence-electron chi connectivity index (χ3n) is 2.33. The Morgan fingerprint density at radius 2 is 1.27 bits per heavy atom. The lowest BCUT2D eigenvalue weighted by Crippen LogP contribution is -2.34. The first-order chi connectivity index (χ1) is 7.09. The molecule has 0 amide bonds. The summed E-state index contributed by atoms with van der Waals surface area (Å²) in [7, 11) is 0. The predicted octanol–water partition coefficient (Wildman–Crippen LogP) is 1.10. The number of nitrogens with zero attached hydrogens (tertiary/aromatic N) is 2. The first-order valence-corrected chi connectivity index (χ1v) is 4.72. The minimum absolute atomic E-state index is 0.416. The van der Waals surface area contributed by atoms with E-state index in [9.17, 15) is 20.2 Å². The smallest absolute Gasteiger partial charge is 0.294 e. The van der Waals surface area contributed by atoms with Gasteiger partial charge >= 0.3 is 0 Å². The van der Waals surface area contributed by atoms with Gasteiger partial charge in [-0.3, -0.25) is 0 Å². The van der Waals surface area contributed by atoms with Crippen LogP contribution in [0.25, 0.3) is 0 Å². The van der Waals surface area contributed by atoms with Gasteiger partial charge in [0.15, 0.2) is 0 Å². The molecule has 2 atom stereocenters. The molecule has 1 aliphatic carbocycles. The second-order valence-electron chi connectivity index (χ2n) is 3.37. The number of hydrogen-bond donors (Lipinski definition) is 0. The fraction of sp³-hybridized carbons (Fsp3) is 1.00. The van der Waals surface area contributed by atoms with Gasteiger partial charge in [-0.1, -0.05) is 19.3 Å². The van der Waals surface area contributed by atoms with Gasteiger partial charge in [-0.05, 0) is 12.8 Å². The van der Waals surface area contributed by atoms with Crippen molar-refractivity contribution < 1.29 is 19.8 Å². The Labute approximate surface area is 85.4 Å². The summed E-state index contributed by atoms with van der Waals surface area (Å²) in [6.45, 7) is 0. The van der Waals surface area contributed by atoms with Gasteiger partial charge in [0, 0.05) is 0 Å². The van der Waals surface area contributed by atoms with Crippen LogP contribution < -0.4 is 0 Å². The molecule has 0 radical (unpaired) electrons. The first kappa shape index (κ1) is 11.5. The van der Waals surface area contributed by atoms with Gasteiger partial charge < -0.3 is 9.68 Å². The highest BCUT2D eigenvalue weighted by Gasteiger charge is 2.29. The van der Waals surface area contributed by atoms with Crippen LogP contribution >= 0.6 is 0 Å². The van der Waals surface area contributed by atoms with Crippen LogP contribution in [0.2, 0.25) is 0 Å². The molecule has 0 aromatic heterocycles. The van der Waals surface area contributed by atoms with E-state index in [0.717, 1.165) is 19.3 Å². The van der Waals surface area contributed by atoms with Crippen molar-refractivity contribution in [1.29, 1.82) is 0 Å². The van der Waals surface area contributed by atoms with Crippen LogP contribution in [-0.2, 0) is 9.68 Å². The third kappa shape index (κ3) is 3.96. The van der Waals surface area contributed by atoms with Crippen LogP contribution in [0.4, 0.5) is 0 Å². The van der Waals surface area contributed by atoms with E-state index in [1.54, 1.807) is 0 Å². The molecule has 1 rings (SSSR count). The van der Waals surface area contributed by atoms with E-state index in [0.29, 0.717) is 12.8 Å².